The minimum absolute atomic E-state index is 0.0211. The molecule has 1 N–H and O–H groups in total. The van der Waals surface area contributed by atoms with Crippen LogP contribution in [0.4, 0.5) is 15.3 Å². The lowest BCUT2D eigenvalue weighted by Crippen LogP contribution is -2.53. The Morgan fingerprint density at radius 3 is 2.39 bits per heavy atom. The van der Waals surface area contributed by atoms with E-state index in [-0.39, 0.29) is 12.5 Å². The van der Waals surface area contributed by atoms with Gasteiger partial charge in [-0.1, -0.05) is 0 Å². The first-order valence-corrected chi connectivity index (χ1v) is 10.5. The third-order valence-electron chi connectivity index (χ3n) is 4.38. The number of ether oxygens (including phenoxy) is 2. The quantitative estimate of drug-likeness (QED) is 0.762. The summed E-state index contributed by atoms with van der Waals surface area (Å²) in [4.78, 5) is 44.0. The van der Waals surface area contributed by atoms with Gasteiger partial charge in [0.25, 0.3) is 0 Å². The first-order chi connectivity index (χ1) is 14.3. The summed E-state index contributed by atoms with van der Waals surface area (Å²) in [5, 5.41) is 2.76. The molecule has 1 fully saturated rings. The van der Waals surface area contributed by atoms with Crippen molar-refractivity contribution in [2.24, 2.45) is 0 Å². The fourth-order valence-corrected chi connectivity index (χ4v) is 3.05. The maximum absolute atomic E-state index is 12.5. The summed E-state index contributed by atoms with van der Waals surface area (Å²) in [6, 6.07) is 1.73. The van der Waals surface area contributed by atoms with Gasteiger partial charge in [-0.05, 0) is 66.0 Å². The van der Waals surface area contributed by atoms with Crippen LogP contribution in [-0.4, -0.2) is 70.3 Å². The van der Waals surface area contributed by atoms with E-state index in [1.807, 2.05) is 0 Å². The molecule has 172 valence electrons. The number of anilines is 1. The van der Waals surface area contributed by atoms with Crippen molar-refractivity contribution in [1.29, 1.82) is 0 Å². The number of rotatable bonds is 5. The fraction of sp³-hybridized carbons (Fsp3) is 0.636. The van der Waals surface area contributed by atoms with Gasteiger partial charge in [0.15, 0.2) is 0 Å². The lowest BCUT2D eigenvalue weighted by Gasteiger charge is -2.35. The molecule has 0 aromatic carbocycles. The average Bonchev–Trinajstić information content (AvgIpc) is 2.61. The molecule has 1 aromatic heterocycles. The smallest absolute Gasteiger partial charge is 0.412 e. The number of pyridine rings is 1. The third kappa shape index (κ3) is 8.43. The summed E-state index contributed by atoms with van der Waals surface area (Å²) in [6.07, 6.45) is 3.66. The largest absolute Gasteiger partial charge is 0.444 e. The number of carbonyl (C=O) groups excluding carboxylic acids is 3. The van der Waals surface area contributed by atoms with E-state index < -0.39 is 23.4 Å². The minimum atomic E-state index is -0.591. The maximum atomic E-state index is 12.5. The highest BCUT2D eigenvalue weighted by molar-refractivity contribution is 5.86. The van der Waals surface area contributed by atoms with E-state index >= 15 is 0 Å². The van der Waals surface area contributed by atoms with Crippen molar-refractivity contribution in [3.8, 4) is 0 Å². The number of aryl methyl sites for hydroxylation is 1. The molecule has 1 aromatic rings. The van der Waals surface area contributed by atoms with Crippen molar-refractivity contribution in [3.63, 3.8) is 0 Å². The van der Waals surface area contributed by atoms with Crippen LogP contribution in [0.3, 0.4) is 0 Å². The van der Waals surface area contributed by atoms with Crippen LogP contribution in [0.25, 0.3) is 0 Å². The number of amides is 3. The zero-order chi connectivity index (χ0) is 23.2. The Hall–Kier alpha value is -2.84. The van der Waals surface area contributed by atoms with Crippen molar-refractivity contribution in [2.75, 3.05) is 31.5 Å². The third-order valence-corrected chi connectivity index (χ3v) is 4.38. The van der Waals surface area contributed by atoms with Gasteiger partial charge in [-0.25, -0.2) is 9.59 Å². The van der Waals surface area contributed by atoms with Gasteiger partial charge in [0.2, 0.25) is 5.91 Å². The Morgan fingerprint density at radius 2 is 1.77 bits per heavy atom. The molecule has 0 aliphatic carbocycles. The molecule has 0 unspecified atom stereocenters. The van der Waals surface area contributed by atoms with Crippen LogP contribution in [0.5, 0.6) is 0 Å². The number of hydrogen-bond acceptors (Lipinski definition) is 6. The zero-order valence-corrected chi connectivity index (χ0v) is 19.4. The second-order valence-electron chi connectivity index (χ2n) is 9.55. The van der Waals surface area contributed by atoms with Crippen LogP contribution in [0, 0.1) is 0 Å². The number of carbonyl (C=O) groups is 3. The van der Waals surface area contributed by atoms with E-state index in [0.29, 0.717) is 38.2 Å². The summed E-state index contributed by atoms with van der Waals surface area (Å²) in [5.41, 5.74) is 0.337. The molecule has 9 heteroatoms. The topological polar surface area (TPSA) is 101 Å². The van der Waals surface area contributed by atoms with Gasteiger partial charge in [-0.2, -0.15) is 0 Å². The fourth-order valence-electron chi connectivity index (χ4n) is 3.05. The second-order valence-corrected chi connectivity index (χ2v) is 9.55. The number of hydrogen-bond donors (Lipinski definition) is 1. The summed E-state index contributed by atoms with van der Waals surface area (Å²) < 4.78 is 10.6. The molecule has 1 saturated heterocycles. The molecule has 1 aliphatic rings. The molecule has 0 bridgehead atoms. The van der Waals surface area contributed by atoms with E-state index in [1.54, 1.807) is 64.9 Å². The monoisotopic (exact) mass is 434 g/mol. The summed E-state index contributed by atoms with van der Waals surface area (Å²) in [5.74, 6) is -0.101. The molecule has 0 saturated carbocycles. The lowest BCUT2D eigenvalue weighted by atomic mass is 10.1. The van der Waals surface area contributed by atoms with Gasteiger partial charge < -0.3 is 14.4 Å². The highest BCUT2D eigenvalue weighted by atomic mass is 16.6. The van der Waals surface area contributed by atoms with Crippen molar-refractivity contribution in [2.45, 2.75) is 65.6 Å². The maximum Gasteiger partial charge on any atom is 0.412 e. The van der Waals surface area contributed by atoms with E-state index in [0.717, 1.165) is 5.56 Å². The van der Waals surface area contributed by atoms with Gasteiger partial charge in [0.1, 0.15) is 17.7 Å². The molecular formula is C22H34N4O5. The SMILES string of the molecule is CC(C)(C)OC(=O)Nc1ccncc1CCCN1CCN(C(=O)OC(C)(C)C)CC1=O. The average molecular weight is 435 g/mol. The van der Waals surface area contributed by atoms with E-state index in [9.17, 15) is 14.4 Å². The summed E-state index contributed by atoms with van der Waals surface area (Å²) in [6.45, 7) is 12.3. The van der Waals surface area contributed by atoms with Gasteiger partial charge in [-0.3, -0.25) is 20.0 Å². The van der Waals surface area contributed by atoms with Crippen LogP contribution < -0.4 is 5.32 Å². The lowest BCUT2D eigenvalue weighted by molar-refractivity contribution is -0.135. The minimum Gasteiger partial charge on any atom is -0.444 e. The highest BCUT2D eigenvalue weighted by Gasteiger charge is 2.30. The molecule has 0 atom stereocenters. The number of piperazine rings is 1. The van der Waals surface area contributed by atoms with E-state index in [1.165, 1.54) is 4.90 Å². The van der Waals surface area contributed by atoms with Gasteiger partial charge >= 0.3 is 12.2 Å². The zero-order valence-electron chi connectivity index (χ0n) is 19.4. The van der Waals surface area contributed by atoms with E-state index in [2.05, 4.69) is 10.3 Å². The Bertz CT molecular complexity index is 798. The van der Waals surface area contributed by atoms with Crippen LogP contribution >= 0.6 is 0 Å². The van der Waals surface area contributed by atoms with E-state index in [4.69, 9.17) is 9.47 Å². The summed E-state index contributed by atoms with van der Waals surface area (Å²) >= 11 is 0. The molecule has 0 radical (unpaired) electrons. The Kier molecular flexibility index (Phi) is 7.86. The Morgan fingerprint density at radius 1 is 1.10 bits per heavy atom. The standard InChI is InChI=1S/C22H34N4O5/c1-21(2,3)30-19(28)24-17-9-10-23-14-16(17)8-7-11-25-12-13-26(15-18(25)27)20(29)31-22(4,5)6/h9-10,14H,7-8,11-13,15H2,1-6H3,(H,23,24,28). The molecule has 0 spiro atoms. The van der Waals surface area contributed by atoms with Crippen molar-refractivity contribution in [3.05, 3.63) is 24.0 Å². The van der Waals surface area contributed by atoms with Crippen molar-refractivity contribution >= 4 is 23.8 Å². The molecule has 2 heterocycles. The van der Waals surface area contributed by atoms with Crippen molar-refractivity contribution in [1.82, 2.24) is 14.8 Å². The molecule has 9 nitrogen and oxygen atoms in total. The molecule has 31 heavy (non-hydrogen) atoms. The predicted octanol–water partition coefficient (Wildman–Crippen LogP) is 3.44. The molecule has 3 amide bonds. The van der Waals surface area contributed by atoms with Crippen LogP contribution in [-0.2, 0) is 20.7 Å². The van der Waals surface area contributed by atoms with Gasteiger partial charge in [0.05, 0.1) is 5.69 Å². The number of aromatic nitrogens is 1. The number of nitrogens with zero attached hydrogens (tertiary/aromatic N) is 3. The van der Waals surface area contributed by atoms with Crippen molar-refractivity contribution < 1.29 is 23.9 Å². The Labute approximate surface area is 184 Å². The first-order valence-electron chi connectivity index (χ1n) is 10.5. The molecule has 1 aliphatic heterocycles. The molecular weight excluding hydrogens is 400 g/mol. The highest BCUT2D eigenvalue weighted by Crippen LogP contribution is 2.18. The number of nitrogens with one attached hydrogen (secondary N) is 1. The second kappa shape index (κ2) is 9.98. The normalized spacial score (nSPS) is 15.0. The predicted molar refractivity (Wildman–Crippen MR) is 117 cm³/mol. The molecule has 2 rings (SSSR count). The van der Waals surface area contributed by atoms with Crippen LogP contribution in [0.2, 0.25) is 0 Å². The summed E-state index contributed by atoms with van der Waals surface area (Å²) in [7, 11) is 0. The Balaban J connectivity index is 1.84. The van der Waals surface area contributed by atoms with Crippen LogP contribution in [0.15, 0.2) is 18.5 Å². The van der Waals surface area contributed by atoms with Gasteiger partial charge in [-0.15, -0.1) is 0 Å². The van der Waals surface area contributed by atoms with Crippen LogP contribution in [0.1, 0.15) is 53.5 Å². The first kappa shape index (κ1) is 24.4. The van der Waals surface area contributed by atoms with Gasteiger partial charge in [0, 0.05) is 32.0 Å².